The van der Waals surface area contributed by atoms with Crippen molar-refractivity contribution in [1.82, 2.24) is 9.96 Å². The van der Waals surface area contributed by atoms with Crippen LogP contribution in [0.25, 0.3) is 0 Å². The Bertz CT molecular complexity index is 910. The molecule has 0 unspecified atom stereocenters. The molecular formula is C20H22ClFN4O3. The number of urea groups is 1. The fourth-order valence-electron chi connectivity index (χ4n) is 2.95. The molecule has 1 saturated heterocycles. The quantitative estimate of drug-likeness (QED) is 0.796. The molecule has 3 rings (SSSR count). The Hall–Kier alpha value is -2.68. The van der Waals surface area contributed by atoms with Crippen LogP contribution in [0.2, 0.25) is 5.02 Å². The number of anilines is 2. The van der Waals surface area contributed by atoms with Crippen LogP contribution in [0.5, 0.6) is 0 Å². The molecule has 7 nitrogen and oxygen atoms in total. The van der Waals surface area contributed by atoms with E-state index in [0.717, 1.165) is 6.07 Å². The topological polar surface area (TPSA) is 65.1 Å². The fraction of sp³-hybridized carbons (Fsp3) is 0.300. The molecule has 0 radical (unpaired) electrons. The van der Waals surface area contributed by atoms with Gasteiger partial charge < -0.3 is 5.32 Å². The maximum Gasteiger partial charge on any atom is 0.327 e. The van der Waals surface area contributed by atoms with Crippen molar-refractivity contribution in [2.24, 2.45) is 0 Å². The molecule has 2 aromatic rings. The second-order valence-electron chi connectivity index (χ2n) is 7.06. The summed E-state index contributed by atoms with van der Waals surface area (Å²) in [5.74, 6) is -1.04. The number of halogens is 2. The smallest absolute Gasteiger partial charge is 0.323 e. The van der Waals surface area contributed by atoms with E-state index in [1.54, 1.807) is 31.0 Å². The van der Waals surface area contributed by atoms with Crippen LogP contribution in [0.3, 0.4) is 0 Å². The molecule has 1 N–H and O–H groups in total. The highest BCUT2D eigenvalue weighted by Gasteiger charge is 2.44. The number of nitrogens with one attached hydrogen (secondary N) is 1. The third kappa shape index (κ3) is 4.34. The minimum Gasteiger partial charge on any atom is -0.323 e. The summed E-state index contributed by atoms with van der Waals surface area (Å²) in [5.41, 5.74) is -0.469. The Labute approximate surface area is 173 Å². The van der Waals surface area contributed by atoms with Crippen molar-refractivity contribution in [3.63, 3.8) is 0 Å². The van der Waals surface area contributed by atoms with E-state index < -0.39 is 17.3 Å². The van der Waals surface area contributed by atoms with Gasteiger partial charge in [-0.25, -0.2) is 9.18 Å². The first-order valence-corrected chi connectivity index (χ1v) is 9.31. The Morgan fingerprint density at radius 2 is 1.86 bits per heavy atom. The number of para-hydroxylation sites is 1. The third-order valence-corrected chi connectivity index (χ3v) is 5.12. The Morgan fingerprint density at radius 3 is 2.52 bits per heavy atom. The zero-order valence-electron chi connectivity index (χ0n) is 16.4. The van der Waals surface area contributed by atoms with Crippen molar-refractivity contribution in [2.75, 3.05) is 30.7 Å². The van der Waals surface area contributed by atoms with Crippen molar-refractivity contribution in [2.45, 2.75) is 19.4 Å². The molecule has 0 aromatic heterocycles. The Kier molecular flexibility index (Phi) is 6.07. The maximum absolute atomic E-state index is 13.5. The number of benzene rings is 2. The molecule has 1 fully saturated rings. The average Bonchev–Trinajstić information content (AvgIpc) is 2.71. The standard InChI is InChI=1S/C20H22ClFN4O3/c1-20(2,18(27)23-17-11-14(22)9-10-16(17)21)26-13-24(29-3)12-25(19(26)28)15-7-5-4-6-8-15/h4-11H,12-13H2,1-3H3,(H,23,27). The summed E-state index contributed by atoms with van der Waals surface area (Å²) >= 11 is 6.06. The van der Waals surface area contributed by atoms with E-state index in [4.69, 9.17) is 16.4 Å². The van der Waals surface area contributed by atoms with Gasteiger partial charge in [-0.1, -0.05) is 29.8 Å². The second kappa shape index (κ2) is 8.36. The lowest BCUT2D eigenvalue weighted by molar-refractivity contribution is -0.171. The normalized spacial score (nSPS) is 15.6. The van der Waals surface area contributed by atoms with Gasteiger partial charge >= 0.3 is 6.03 Å². The number of carbonyl (C=O) groups is 2. The van der Waals surface area contributed by atoms with E-state index >= 15 is 0 Å². The highest BCUT2D eigenvalue weighted by molar-refractivity contribution is 6.33. The second-order valence-corrected chi connectivity index (χ2v) is 7.47. The van der Waals surface area contributed by atoms with Crippen molar-refractivity contribution < 1.29 is 18.8 Å². The first kappa shape index (κ1) is 21.0. The minimum atomic E-state index is -1.28. The number of hydrogen-bond donors (Lipinski definition) is 1. The zero-order chi connectivity index (χ0) is 21.2. The van der Waals surface area contributed by atoms with Gasteiger partial charge in [-0.3, -0.25) is 19.4 Å². The van der Waals surface area contributed by atoms with Crippen LogP contribution in [-0.4, -0.2) is 47.9 Å². The highest BCUT2D eigenvalue weighted by Crippen LogP contribution is 2.28. The van der Waals surface area contributed by atoms with Gasteiger partial charge in [0.25, 0.3) is 0 Å². The first-order chi connectivity index (χ1) is 13.7. The largest absolute Gasteiger partial charge is 0.327 e. The van der Waals surface area contributed by atoms with Crippen LogP contribution in [0.4, 0.5) is 20.6 Å². The predicted molar refractivity (Wildman–Crippen MR) is 109 cm³/mol. The first-order valence-electron chi connectivity index (χ1n) is 8.94. The average molecular weight is 421 g/mol. The molecule has 1 aliphatic heterocycles. The molecule has 0 saturated carbocycles. The lowest BCUT2D eigenvalue weighted by atomic mass is 10.0. The molecule has 2 aromatic carbocycles. The summed E-state index contributed by atoms with van der Waals surface area (Å²) in [6, 6.07) is 12.4. The number of amides is 3. The number of hydrogen-bond acceptors (Lipinski definition) is 4. The van der Waals surface area contributed by atoms with E-state index in [1.165, 1.54) is 29.0 Å². The van der Waals surface area contributed by atoms with Gasteiger partial charge in [-0.05, 0) is 44.2 Å². The molecule has 154 valence electrons. The van der Waals surface area contributed by atoms with Crippen molar-refractivity contribution in [3.05, 3.63) is 59.4 Å². The van der Waals surface area contributed by atoms with E-state index in [9.17, 15) is 14.0 Å². The Balaban J connectivity index is 1.88. The van der Waals surface area contributed by atoms with Gasteiger partial charge in [-0.2, -0.15) is 0 Å². The van der Waals surface area contributed by atoms with Crippen LogP contribution in [0.15, 0.2) is 48.5 Å². The summed E-state index contributed by atoms with van der Waals surface area (Å²) < 4.78 is 13.5. The van der Waals surface area contributed by atoms with Crippen molar-refractivity contribution in [1.29, 1.82) is 0 Å². The summed E-state index contributed by atoms with van der Waals surface area (Å²) in [5, 5.41) is 4.37. The van der Waals surface area contributed by atoms with Crippen LogP contribution in [0.1, 0.15) is 13.8 Å². The molecule has 1 heterocycles. The molecule has 3 amide bonds. The van der Waals surface area contributed by atoms with Gasteiger partial charge in [0.1, 0.15) is 24.7 Å². The van der Waals surface area contributed by atoms with E-state index in [1.807, 2.05) is 18.2 Å². The van der Waals surface area contributed by atoms with Gasteiger partial charge in [0.2, 0.25) is 5.91 Å². The zero-order valence-corrected chi connectivity index (χ0v) is 17.1. The number of hydroxylamine groups is 2. The van der Waals surface area contributed by atoms with Gasteiger partial charge in [0.15, 0.2) is 0 Å². The van der Waals surface area contributed by atoms with Crippen molar-refractivity contribution >= 4 is 34.9 Å². The molecule has 0 bridgehead atoms. The highest BCUT2D eigenvalue weighted by atomic mass is 35.5. The van der Waals surface area contributed by atoms with Crippen LogP contribution >= 0.6 is 11.6 Å². The maximum atomic E-state index is 13.5. The predicted octanol–water partition coefficient (Wildman–Crippen LogP) is 3.92. The molecule has 0 spiro atoms. The molecule has 0 atom stereocenters. The van der Waals surface area contributed by atoms with Crippen LogP contribution in [-0.2, 0) is 9.63 Å². The summed E-state index contributed by atoms with van der Waals surface area (Å²) in [6.45, 7) is 3.50. The lowest BCUT2D eigenvalue weighted by Gasteiger charge is -2.46. The lowest BCUT2D eigenvalue weighted by Crippen LogP contribution is -2.66. The van der Waals surface area contributed by atoms with E-state index in [2.05, 4.69) is 5.32 Å². The number of carbonyl (C=O) groups excluding carboxylic acids is 2. The van der Waals surface area contributed by atoms with E-state index in [0.29, 0.717) is 5.69 Å². The van der Waals surface area contributed by atoms with Gasteiger partial charge in [-0.15, -0.1) is 5.06 Å². The SMILES string of the molecule is CON1CN(c2ccccc2)C(=O)N(C(C)(C)C(=O)Nc2cc(F)ccc2Cl)C1. The fourth-order valence-corrected chi connectivity index (χ4v) is 3.11. The molecule has 9 heteroatoms. The number of rotatable bonds is 5. The number of nitrogens with zero attached hydrogens (tertiary/aromatic N) is 3. The summed E-state index contributed by atoms with van der Waals surface area (Å²) in [4.78, 5) is 34.5. The van der Waals surface area contributed by atoms with Crippen LogP contribution in [0, 0.1) is 5.82 Å². The van der Waals surface area contributed by atoms with Gasteiger partial charge in [0.05, 0.1) is 17.8 Å². The summed E-state index contributed by atoms with van der Waals surface area (Å²) in [6.07, 6.45) is 0. The molecule has 1 aliphatic rings. The van der Waals surface area contributed by atoms with Gasteiger partial charge in [0, 0.05) is 5.69 Å². The molecular weight excluding hydrogens is 399 g/mol. The van der Waals surface area contributed by atoms with E-state index in [-0.39, 0.29) is 30.1 Å². The monoisotopic (exact) mass is 420 g/mol. The minimum absolute atomic E-state index is 0.0793. The Morgan fingerprint density at radius 1 is 1.17 bits per heavy atom. The summed E-state index contributed by atoms with van der Waals surface area (Å²) in [7, 11) is 1.50. The molecule has 29 heavy (non-hydrogen) atoms. The van der Waals surface area contributed by atoms with Crippen LogP contribution < -0.4 is 10.2 Å². The molecule has 0 aliphatic carbocycles. The van der Waals surface area contributed by atoms with Crippen molar-refractivity contribution in [3.8, 4) is 0 Å². The third-order valence-electron chi connectivity index (χ3n) is 4.79.